The summed E-state index contributed by atoms with van der Waals surface area (Å²) in [6.45, 7) is 1.92. The van der Waals surface area contributed by atoms with Crippen LogP contribution in [-0.2, 0) is 4.79 Å². The summed E-state index contributed by atoms with van der Waals surface area (Å²) in [5.74, 6) is -1.56. The molecule has 0 saturated carbocycles. The zero-order valence-corrected chi connectivity index (χ0v) is 10.4. The van der Waals surface area contributed by atoms with E-state index in [-0.39, 0.29) is 12.2 Å². The number of ketones is 1. The Hall–Kier alpha value is -2.43. The van der Waals surface area contributed by atoms with Gasteiger partial charge in [0.15, 0.2) is 5.78 Å². The summed E-state index contributed by atoms with van der Waals surface area (Å²) < 4.78 is 1.22. The third-order valence-corrected chi connectivity index (χ3v) is 2.87. The zero-order valence-electron chi connectivity index (χ0n) is 10.4. The summed E-state index contributed by atoms with van der Waals surface area (Å²) in [4.78, 5) is 23.1. The average molecular weight is 257 g/mol. The monoisotopic (exact) mass is 257 g/mol. The van der Waals surface area contributed by atoms with E-state index in [2.05, 4.69) is 5.10 Å². The molecule has 0 saturated heterocycles. The quantitative estimate of drug-likeness (QED) is 0.741. The van der Waals surface area contributed by atoms with E-state index in [4.69, 9.17) is 0 Å². The van der Waals surface area contributed by atoms with Crippen LogP contribution < -0.4 is 5.11 Å². The number of carboxylic acids is 1. The van der Waals surface area contributed by atoms with Crippen LogP contribution in [0.1, 0.15) is 28.4 Å². The van der Waals surface area contributed by atoms with Gasteiger partial charge in [0.05, 0.1) is 12.0 Å². The predicted octanol–water partition coefficient (Wildman–Crippen LogP) is 0.756. The van der Waals surface area contributed by atoms with Gasteiger partial charge in [-0.1, -0.05) is 29.8 Å². The van der Waals surface area contributed by atoms with Crippen molar-refractivity contribution in [2.45, 2.75) is 19.4 Å². The molecule has 0 radical (unpaired) electrons. The van der Waals surface area contributed by atoms with Gasteiger partial charge in [-0.25, -0.2) is 0 Å². The highest BCUT2D eigenvalue weighted by molar-refractivity contribution is 5.98. The molecule has 2 aromatic rings. The molecule has 98 valence electrons. The number of nitrogens with zero attached hydrogens (tertiary/aromatic N) is 2. The van der Waals surface area contributed by atoms with E-state index in [9.17, 15) is 14.7 Å². The first kappa shape index (κ1) is 13.0. The minimum atomic E-state index is -1.32. The largest absolute Gasteiger partial charge is 0.548 e. The van der Waals surface area contributed by atoms with Crippen LogP contribution in [0, 0.1) is 6.92 Å². The maximum atomic E-state index is 12.0. The average Bonchev–Trinajstić information content (AvgIpc) is 2.89. The summed E-state index contributed by atoms with van der Waals surface area (Å²) >= 11 is 0. The van der Waals surface area contributed by atoms with Crippen molar-refractivity contribution in [1.29, 1.82) is 0 Å². The van der Waals surface area contributed by atoms with E-state index in [1.54, 1.807) is 18.2 Å². The number of carboxylic acid groups (broad SMARTS) is 1. The second-order valence-electron chi connectivity index (χ2n) is 4.31. The highest BCUT2D eigenvalue weighted by Crippen LogP contribution is 2.14. The van der Waals surface area contributed by atoms with Crippen molar-refractivity contribution in [3.8, 4) is 0 Å². The second-order valence-corrected chi connectivity index (χ2v) is 4.31. The Kier molecular flexibility index (Phi) is 3.75. The van der Waals surface area contributed by atoms with Crippen molar-refractivity contribution in [3.05, 3.63) is 53.9 Å². The molecule has 1 unspecified atom stereocenters. The lowest BCUT2D eigenvalue weighted by atomic mass is 10.0. The van der Waals surface area contributed by atoms with E-state index in [1.807, 2.05) is 19.1 Å². The Morgan fingerprint density at radius 1 is 1.32 bits per heavy atom. The molecule has 1 heterocycles. The van der Waals surface area contributed by atoms with Crippen LogP contribution in [0.15, 0.2) is 42.7 Å². The molecule has 5 heteroatoms. The minimum absolute atomic E-state index is 0.174. The summed E-state index contributed by atoms with van der Waals surface area (Å²) in [7, 11) is 0. The maximum absolute atomic E-state index is 12.0. The van der Waals surface area contributed by atoms with Gasteiger partial charge >= 0.3 is 0 Å². The summed E-state index contributed by atoms with van der Waals surface area (Å²) in [5.41, 5.74) is 1.53. The lowest BCUT2D eigenvalue weighted by Gasteiger charge is -2.17. The number of hydrogen-bond donors (Lipinski definition) is 0. The van der Waals surface area contributed by atoms with Crippen LogP contribution in [0.25, 0.3) is 0 Å². The van der Waals surface area contributed by atoms with E-state index >= 15 is 0 Å². The number of aryl methyl sites for hydroxylation is 1. The van der Waals surface area contributed by atoms with Crippen molar-refractivity contribution < 1.29 is 14.7 Å². The normalized spacial score (nSPS) is 12.1. The van der Waals surface area contributed by atoms with Crippen LogP contribution in [0.5, 0.6) is 0 Å². The number of rotatable bonds is 5. The number of Topliss-reactive ketones (excluding diaryl/α,β-unsaturated/α-hetero) is 1. The fraction of sp³-hybridized carbons (Fsp3) is 0.214. The molecule has 5 nitrogen and oxygen atoms in total. The van der Waals surface area contributed by atoms with Crippen LogP contribution in [-0.4, -0.2) is 21.5 Å². The third kappa shape index (κ3) is 3.07. The van der Waals surface area contributed by atoms with Crippen molar-refractivity contribution in [2.75, 3.05) is 0 Å². The molecule has 2 rings (SSSR count). The summed E-state index contributed by atoms with van der Waals surface area (Å²) in [6.07, 6.45) is 2.79. The van der Waals surface area contributed by atoms with Gasteiger partial charge in [0.1, 0.15) is 0 Å². The third-order valence-electron chi connectivity index (χ3n) is 2.87. The number of aromatic nitrogens is 2. The molecule has 0 aliphatic heterocycles. The lowest BCUT2D eigenvalue weighted by Crippen LogP contribution is -2.35. The molecule has 0 bridgehead atoms. The fourth-order valence-corrected chi connectivity index (χ4v) is 1.78. The molecule has 1 atom stereocenters. The van der Waals surface area contributed by atoms with Crippen LogP contribution in [0.3, 0.4) is 0 Å². The zero-order chi connectivity index (χ0) is 13.8. The Morgan fingerprint density at radius 3 is 2.53 bits per heavy atom. The van der Waals surface area contributed by atoms with Crippen LogP contribution in [0.2, 0.25) is 0 Å². The summed E-state index contributed by atoms with van der Waals surface area (Å²) in [5, 5.41) is 14.9. The molecule has 0 aliphatic carbocycles. The smallest absolute Gasteiger partial charge is 0.165 e. The molecule has 1 aromatic heterocycles. The molecule has 0 fully saturated rings. The van der Waals surface area contributed by atoms with Gasteiger partial charge in [-0.15, -0.1) is 0 Å². The van der Waals surface area contributed by atoms with E-state index < -0.39 is 12.0 Å². The Morgan fingerprint density at radius 2 is 2.00 bits per heavy atom. The van der Waals surface area contributed by atoms with Gasteiger partial charge in [0, 0.05) is 24.4 Å². The lowest BCUT2D eigenvalue weighted by molar-refractivity contribution is -0.310. The Bertz CT molecular complexity index is 573. The van der Waals surface area contributed by atoms with Gasteiger partial charge in [0.2, 0.25) is 0 Å². The first-order valence-electron chi connectivity index (χ1n) is 5.88. The highest BCUT2D eigenvalue weighted by atomic mass is 16.4. The molecule has 0 spiro atoms. The highest BCUT2D eigenvalue weighted by Gasteiger charge is 2.18. The molecule has 0 amide bonds. The molecular formula is C14H13N2O3-. The number of carbonyl (C=O) groups excluding carboxylic acids is 2. The van der Waals surface area contributed by atoms with Crippen molar-refractivity contribution in [3.63, 3.8) is 0 Å². The standard InChI is InChI=1S/C14H14N2O3/c1-10-3-5-11(6-4-10)13(17)9-12(14(18)19)16-8-2-7-15-16/h2-8,12H,9H2,1H3,(H,18,19)/p-1. The number of benzene rings is 1. The molecular weight excluding hydrogens is 244 g/mol. The molecule has 1 aromatic carbocycles. The first-order chi connectivity index (χ1) is 9.08. The van der Waals surface area contributed by atoms with Gasteiger partial charge in [-0.2, -0.15) is 5.10 Å². The first-order valence-corrected chi connectivity index (χ1v) is 5.88. The Balaban J connectivity index is 2.16. The van der Waals surface area contributed by atoms with Gasteiger partial charge < -0.3 is 9.90 Å². The topological polar surface area (TPSA) is 75.0 Å². The molecule has 19 heavy (non-hydrogen) atoms. The summed E-state index contributed by atoms with van der Waals surface area (Å²) in [6, 6.07) is 7.53. The van der Waals surface area contributed by atoms with Gasteiger partial charge in [-0.3, -0.25) is 9.48 Å². The number of hydrogen-bond acceptors (Lipinski definition) is 4. The predicted molar refractivity (Wildman–Crippen MR) is 66.4 cm³/mol. The van der Waals surface area contributed by atoms with Gasteiger partial charge in [0.25, 0.3) is 0 Å². The van der Waals surface area contributed by atoms with Crippen LogP contribution in [0.4, 0.5) is 0 Å². The van der Waals surface area contributed by atoms with Crippen molar-refractivity contribution in [2.24, 2.45) is 0 Å². The maximum Gasteiger partial charge on any atom is 0.165 e. The Labute approximate surface area is 110 Å². The molecule has 0 aliphatic rings. The second kappa shape index (κ2) is 5.48. The minimum Gasteiger partial charge on any atom is -0.548 e. The van der Waals surface area contributed by atoms with Crippen molar-refractivity contribution >= 4 is 11.8 Å². The van der Waals surface area contributed by atoms with E-state index in [0.29, 0.717) is 5.56 Å². The number of carbonyl (C=O) groups is 2. The van der Waals surface area contributed by atoms with Crippen molar-refractivity contribution in [1.82, 2.24) is 9.78 Å². The number of aliphatic carboxylic acids is 1. The fourth-order valence-electron chi connectivity index (χ4n) is 1.78. The van der Waals surface area contributed by atoms with E-state index in [1.165, 1.54) is 17.1 Å². The van der Waals surface area contributed by atoms with Crippen LogP contribution >= 0.6 is 0 Å². The van der Waals surface area contributed by atoms with E-state index in [0.717, 1.165) is 5.56 Å². The van der Waals surface area contributed by atoms with Gasteiger partial charge in [-0.05, 0) is 13.0 Å². The molecule has 0 N–H and O–H groups in total. The SMILES string of the molecule is Cc1ccc(C(=O)CC(C(=O)[O-])n2cccn2)cc1.